The lowest BCUT2D eigenvalue weighted by Gasteiger charge is -2.06. The summed E-state index contributed by atoms with van der Waals surface area (Å²) in [7, 11) is 0. The Morgan fingerprint density at radius 3 is 2.58 bits per heavy atom. The van der Waals surface area contributed by atoms with Gasteiger partial charge in [0.2, 0.25) is 0 Å². The maximum Gasteiger partial charge on any atom is 0.277 e. The number of rotatable bonds is 6. The van der Waals surface area contributed by atoms with Gasteiger partial charge in [-0.25, -0.2) is 4.68 Å². The molecular formula is C21H21BrClN7O. The molecule has 160 valence electrons. The average molecular weight is 503 g/mol. The van der Waals surface area contributed by atoms with Gasteiger partial charge in [0.05, 0.1) is 22.4 Å². The maximum atomic E-state index is 12.7. The van der Waals surface area contributed by atoms with Crippen molar-refractivity contribution in [1.82, 2.24) is 29.3 Å². The molecule has 0 atom stereocenters. The Kier molecular flexibility index (Phi) is 5.97. The quantitative estimate of drug-likeness (QED) is 0.423. The largest absolute Gasteiger partial charge is 0.304 e. The third kappa shape index (κ3) is 4.57. The number of anilines is 1. The van der Waals surface area contributed by atoms with Crippen molar-refractivity contribution in [3.8, 4) is 0 Å². The molecule has 3 aromatic heterocycles. The topological polar surface area (TPSA) is 82.6 Å². The summed E-state index contributed by atoms with van der Waals surface area (Å²) in [5.41, 5.74) is 4.08. The Bertz CT molecular complexity index is 1260. The van der Waals surface area contributed by atoms with E-state index >= 15 is 0 Å². The van der Waals surface area contributed by atoms with Crippen LogP contribution in [-0.4, -0.2) is 35.2 Å². The average Bonchev–Trinajstić information content (AvgIpc) is 3.40. The fraction of sp³-hybridized carbons (Fsp3) is 0.238. The zero-order valence-electron chi connectivity index (χ0n) is 17.3. The Balaban J connectivity index is 1.44. The summed E-state index contributed by atoms with van der Waals surface area (Å²) >= 11 is 9.77. The van der Waals surface area contributed by atoms with Gasteiger partial charge in [0.1, 0.15) is 6.67 Å². The molecule has 0 spiro atoms. The number of aromatic nitrogens is 6. The molecule has 0 saturated carbocycles. The molecule has 4 aromatic rings. The Morgan fingerprint density at radius 1 is 1.10 bits per heavy atom. The van der Waals surface area contributed by atoms with E-state index in [1.165, 1.54) is 0 Å². The Morgan fingerprint density at radius 2 is 1.87 bits per heavy atom. The van der Waals surface area contributed by atoms with Gasteiger partial charge in [-0.2, -0.15) is 15.3 Å². The highest BCUT2D eigenvalue weighted by molar-refractivity contribution is 9.10. The number of benzene rings is 1. The van der Waals surface area contributed by atoms with Gasteiger partial charge in [-0.1, -0.05) is 29.8 Å². The van der Waals surface area contributed by atoms with Crippen LogP contribution < -0.4 is 5.32 Å². The van der Waals surface area contributed by atoms with Crippen molar-refractivity contribution in [2.75, 3.05) is 5.32 Å². The minimum Gasteiger partial charge on any atom is -0.304 e. The lowest BCUT2D eigenvalue weighted by Crippen LogP contribution is -2.16. The van der Waals surface area contributed by atoms with Gasteiger partial charge in [0.15, 0.2) is 11.5 Å². The summed E-state index contributed by atoms with van der Waals surface area (Å²) in [5, 5.41) is 16.8. The van der Waals surface area contributed by atoms with Crippen molar-refractivity contribution < 1.29 is 4.79 Å². The number of amides is 1. The normalized spacial score (nSPS) is 11.1. The molecule has 0 unspecified atom stereocenters. The third-order valence-electron chi connectivity index (χ3n) is 4.95. The number of carbonyl (C=O) groups is 1. The molecule has 4 rings (SSSR count). The van der Waals surface area contributed by atoms with E-state index in [0.717, 1.165) is 27.1 Å². The van der Waals surface area contributed by atoms with Crippen LogP contribution >= 0.6 is 27.5 Å². The minimum absolute atomic E-state index is 0.305. The molecule has 0 aliphatic carbocycles. The molecule has 8 nitrogen and oxygen atoms in total. The Hall–Kier alpha value is -2.91. The van der Waals surface area contributed by atoms with Crippen LogP contribution in [0, 0.1) is 20.8 Å². The molecule has 31 heavy (non-hydrogen) atoms. The van der Waals surface area contributed by atoms with Gasteiger partial charge in [0, 0.05) is 23.0 Å². The van der Waals surface area contributed by atoms with Crippen molar-refractivity contribution in [2.45, 2.75) is 34.0 Å². The number of aryl methyl sites for hydroxylation is 2. The molecule has 0 aliphatic heterocycles. The second kappa shape index (κ2) is 8.68. The highest BCUT2D eigenvalue weighted by atomic mass is 79.9. The number of hydrogen-bond donors (Lipinski definition) is 1. The summed E-state index contributed by atoms with van der Waals surface area (Å²) < 4.78 is 6.27. The van der Waals surface area contributed by atoms with Crippen LogP contribution in [0.3, 0.4) is 0 Å². The van der Waals surface area contributed by atoms with Gasteiger partial charge in [-0.3, -0.25) is 14.2 Å². The first-order chi connectivity index (χ1) is 14.8. The van der Waals surface area contributed by atoms with Crippen LogP contribution in [0.4, 0.5) is 5.82 Å². The molecular weight excluding hydrogens is 482 g/mol. The van der Waals surface area contributed by atoms with Gasteiger partial charge < -0.3 is 5.32 Å². The first-order valence-electron chi connectivity index (χ1n) is 9.64. The summed E-state index contributed by atoms with van der Waals surface area (Å²) in [4.78, 5) is 12.7. The van der Waals surface area contributed by atoms with Gasteiger partial charge in [-0.05, 0) is 54.4 Å². The predicted molar refractivity (Wildman–Crippen MR) is 122 cm³/mol. The van der Waals surface area contributed by atoms with Gasteiger partial charge >= 0.3 is 0 Å². The number of halogens is 2. The smallest absolute Gasteiger partial charge is 0.277 e. The number of nitrogens with zero attached hydrogens (tertiary/aromatic N) is 6. The number of carbonyl (C=O) groups excluding carboxylic acids is 1. The molecule has 1 aromatic carbocycles. The van der Waals surface area contributed by atoms with Crippen LogP contribution in [0.1, 0.15) is 33.1 Å². The second-order valence-electron chi connectivity index (χ2n) is 7.24. The first-order valence-corrected chi connectivity index (χ1v) is 10.8. The van der Waals surface area contributed by atoms with E-state index in [1.807, 2.05) is 55.8 Å². The van der Waals surface area contributed by atoms with E-state index in [4.69, 9.17) is 11.6 Å². The highest BCUT2D eigenvalue weighted by Crippen LogP contribution is 2.20. The lowest BCUT2D eigenvalue weighted by molar-refractivity contribution is 0.102. The molecule has 0 saturated heterocycles. The summed E-state index contributed by atoms with van der Waals surface area (Å²) in [6, 6.07) is 11.1. The molecule has 3 heterocycles. The van der Waals surface area contributed by atoms with Gasteiger partial charge in [0.25, 0.3) is 5.91 Å². The third-order valence-corrected chi connectivity index (χ3v) is 6.46. The van der Waals surface area contributed by atoms with E-state index in [1.54, 1.807) is 21.6 Å². The Labute approximate surface area is 192 Å². The zero-order chi connectivity index (χ0) is 22.1. The van der Waals surface area contributed by atoms with E-state index < -0.39 is 0 Å². The monoisotopic (exact) mass is 501 g/mol. The standard InChI is InChI=1S/C21H21BrClN7O/c1-13-10-19(27-29(13)11-16-6-4-5-7-17(16)23)24-21(31)18-8-9-28(26-18)12-30-15(3)20(22)14(2)25-30/h4-10H,11-12H2,1-3H3,(H,24,27,31). The summed E-state index contributed by atoms with van der Waals surface area (Å²) in [6.45, 7) is 6.77. The predicted octanol–water partition coefficient (Wildman–Crippen LogP) is 4.42. The number of nitrogens with one attached hydrogen (secondary N) is 1. The van der Waals surface area contributed by atoms with Crippen LogP contribution in [0.5, 0.6) is 0 Å². The first kappa shape index (κ1) is 21.3. The van der Waals surface area contributed by atoms with Gasteiger partial charge in [-0.15, -0.1) is 0 Å². The van der Waals surface area contributed by atoms with Crippen LogP contribution in [0.25, 0.3) is 0 Å². The van der Waals surface area contributed by atoms with Crippen molar-refractivity contribution >= 4 is 39.3 Å². The SMILES string of the molecule is Cc1nn(Cn2ccc(C(=O)Nc3cc(C)n(Cc4ccccc4Cl)n3)n2)c(C)c1Br. The highest BCUT2D eigenvalue weighted by Gasteiger charge is 2.15. The van der Waals surface area contributed by atoms with Crippen LogP contribution in [-0.2, 0) is 13.2 Å². The van der Waals surface area contributed by atoms with E-state index in [0.29, 0.717) is 29.7 Å². The van der Waals surface area contributed by atoms with E-state index in [-0.39, 0.29) is 5.91 Å². The molecule has 1 amide bonds. The van der Waals surface area contributed by atoms with Crippen molar-refractivity contribution in [3.05, 3.63) is 80.4 Å². The minimum atomic E-state index is -0.323. The van der Waals surface area contributed by atoms with Crippen molar-refractivity contribution in [1.29, 1.82) is 0 Å². The molecule has 1 N–H and O–H groups in total. The second-order valence-corrected chi connectivity index (χ2v) is 8.44. The molecule has 0 aliphatic rings. The summed E-state index contributed by atoms with van der Waals surface area (Å²) in [5.74, 6) is 0.141. The zero-order valence-corrected chi connectivity index (χ0v) is 19.6. The maximum absolute atomic E-state index is 12.7. The van der Waals surface area contributed by atoms with Crippen molar-refractivity contribution in [3.63, 3.8) is 0 Å². The van der Waals surface area contributed by atoms with Crippen LogP contribution in [0.15, 0.2) is 47.1 Å². The van der Waals surface area contributed by atoms with Crippen molar-refractivity contribution in [2.24, 2.45) is 0 Å². The molecule has 0 fully saturated rings. The fourth-order valence-electron chi connectivity index (χ4n) is 3.21. The molecule has 10 heteroatoms. The number of hydrogen-bond acceptors (Lipinski definition) is 4. The molecule has 0 bridgehead atoms. The molecule has 0 radical (unpaired) electrons. The van der Waals surface area contributed by atoms with E-state index in [9.17, 15) is 4.79 Å². The summed E-state index contributed by atoms with van der Waals surface area (Å²) in [6.07, 6.45) is 1.75. The van der Waals surface area contributed by atoms with E-state index in [2.05, 4.69) is 36.5 Å². The lowest BCUT2D eigenvalue weighted by atomic mass is 10.2. The fourth-order valence-corrected chi connectivity index (χ4v) is 3.69. The van der Waals surface area contributed by atoms with Crippen LogP contribution in [0.2, 0.25) is 5.02 Å².